The first-order valence-electron chi connectivity index (χ1n) is 7.20. The fourth-order valence-corrected chi connectivity index (χ4v) is 2.40. The minimum Gasteiger partial charge on any atom is -0.450 e. The summed E-state index contributed by atoms with van der Waals surface area (Å²) in [5.74, 6) is -0.144. The molecule has 0 aromatic carbocycles. The van der Waals surface area contributed by atoms with Gasteiger partial charge in [-0.3, -0.25) is 4.79 Å². The first kappa shape index (κ1) is 14.3. The van der Waals surface area contributed by atoms with E-state index in [1.165, 1.54) is 0 Å². The predicted molar refractivity (Wildman–Crippen MR) is 77.5 cm³/mol. The Morgan fingerprint density at radius 1 is 1.23 bits per heavy atom. The molecule has 0 atom stereocenters. The standard InChI is InChI=1S/C14H17N5O3/c1-2-22-14(21)18-8-6-17(7-9-18)13(20)11-10-12-15-4-3-5-19(12)16-11/h3-5,10H,2,6-9H2,1H3. The number of hydrogen-bond donors (Lipinski definition) is 0. The van der Waals surface area contributed by atoms with E-state index >= 15 is 0 Å². The Morgan fingerprint density at radius 2 is 1.95 bits per heavy atom. The zero-order chi connectivity index (χ0) is 15.5. The molecule has 0 saturated carbocycles. The number of ether oxygens (including phenoxy) is 1. The first-order chi connectivity index (χ1) is 10.7. The number of amides is 2. The molecule has 116 valence electrons. The van der Waals surface area contributed by atoms with E-state index in [0.717, 1.165) is 0 Å². The van der Waals surface area contributed by atoms with E-state index in [0.29, 0.717) is 44.1 Å². The Hall–Kier alpha value is -2.64. The highest BCUT2D eigenvalue weighted by atomic mass is 16.6. The summed E-state index contributed by atoms with van der Waals surface area (Å²) in [6.45, 7) is 4.01. The molecule has 8 heteroatoms. The van der Waals surface area contributed by atoms with Gasteiger partial charge in [0, 0.05) is 44.6 Å². The SMILES string of the molecule is CCOC(=O)N1CCN(C(=O)c2cc3ncccn3n2)CC1. The number of piperazine rings is 1. The number of hydrogen-bond acceptors (Lipinski definition) is 5. The van der Waals surface area contributed by atoms with Gasteiger partial charge >= 0.3 is 6.09 Å². The summed E-state index contributed by atoms with van der Waals surface area (Å²) in [6, 6.07) is 3.42. The highest BCUT2D eigenvalue weighted by Crippen LogP contribution is 2.10. The van der Waals surface area contributed by atoms with Gasteiger partial charge in [0.15, 0.2) is 11.3 Å². The minimum absolute atomic E-state index is 0.144. The lowest BCUT2D eigenvalue weighted by Crippen LogP contribution is -2.50. The highest BCUT2D eigenvalue weighted by Gasteiger charge is 2.26. The molecule has 3 heterocycles. The summed E-state index contributed by atoms with van der Waals surface area (Å²) >= 11 is 0. The predicted octanol–water partition coefficient (Wildman–Crippen LogP) is 0.644. The smallest absolute Gasteiger partial charge is 0.409 e. The molecular weight excluding hydrogens is 286 g/mol. The van der Waals surface area contributed by atoms with Crippen LogP contribution in [0.2, 0.25) is 0 Å². The van der Waals surface area contributed by atoms with Crippen molar-refractivity contribution in [2.75, 3.05) is 32.8 Å². The second kappa shape index (κ2) is 6.00. The summed E-state index contributed by atoms with van der Waals surface area (Å²) in [5.41, 5.74) is 0.999. The fourth-order valence-electron chi connectivity index (χ4n) is 2.40. The van der Waals surface area contributed by atoms with Crippen molar-refractivity contribution in [3.63, 3.8) is 0 Å². The van der Waals surface area contributed by atoms with Crippen LogP contribution in [0.15, 0.2) is 24.5 Å². The van der Waals surface area contributed by atoms with E-state index in [1.54, 1.807) is 45.8 Å². The molecule has 1 saturated heterocycles. The highest BCUT2D eigenvalue weighted by molar-refractivity contribution is 5.93. The van der Waals surface area contributed by atoms with E-state index in [1.807, 2.05) is 0 Å². The maximum atomic E-state index is 12.5. The largest absolute Gasteiger partial charge is 0.450 e. The van der Waals surface area contributed by atoms with Crippen molar-refractivity contribution < 1.29 is 14.3 Å². The lowest BCUT2D eigenvalue weighted by Gasteiger charge is -2.33. The normalized spacial score (nSPS) is 15.1. The van der Waals surface area contributed by atoms with Gasteiger partial charge in [-0.15, -0.1) is 0 Å². The van der Waals surface area contributed by atoms with Crippen molar-refractivity contribution in [1.82, 2.24) is 24.4 Å². The molecule has 0 aliphatic carbocycles. The van der Waals surface area contributed by atoms with Crippen LogP contribution in [0, 0.1) is 0 Å². The van der Waals surface area contributed by atoms with Crippen LogP contribution in [0.3, 0.4) is 0 Å². The lowest BCUT2D eigenvalue weighted by molar-refractivity contribution is 0.0565. The van der Waals surface area contributed by atoms with Crippen LogP contribution in [-0.2, 0) is 4.74 Å². The zero-order valence-electron chi connectivity index (χ0n) is 12.3. The Morgan fingerprint density at radius 3 is 2.64 bits per heavy atom. The van der Waals surface area contributed by atoms with Crippen molar-refractivity contribution in [3.8, 4) is 0 Å². The molecule has 1 aliphatic rings. The maximum Gasteiger partial charge on any atom is 0.409 e. The van der Waals surface area contributed by atoms with E-state index in [-0.39, 0.29) is 12.0 Å². The summed E-state index contributed by atoms with van der Waals surface area (Å²) < 4.78 is 6.53. The van der Waals surface area contributed by atoms with Crippen LogP contribution in [-0.4, -0.2) is 69.2 Å². The number of fused-ring (bicyclic) bond motifs is 1. The average molecular weight is 303 g/mol. The topological polar surface area (TPSA) is 80.0 Å². The third-order valence-corrected chi connectivity index (χ3v) is 3.55. The zero-order valence-corrected chi connectivity index (χ0v) is 12.3. The number of rotatable bonds is 2. The minimum atomic E-state index is -0.327. The summed E-state index contributed by atoms with van der Waals surface area (Å²) in [5, 5.41) is 4.23. The molecule has 1 aliphatic heterocycles. The van der Waals surface area contributed by atoms with Gasteiger partial charge in [0.1, 0.15) is 0 Å². The van der Waals surface area contributed by atoms with Gasteiger partial charge in [-0.25, -0.2) is 14.3 Å². The van der Waals surface area contributed by atoms with E-state index in [4.69, 9.17) is 4.74 Å². The molecule has 2 aromatic rings. The van der Waals surface area contributed by atoms with Gasteiger partial charge in [-0.1, -0.05) is 0 Å². The molecule has 0 bridgehead atoms. The molecule has 0 radical (unpaired) electrons. The summed E-state index contributed by atoms with van der Waals surface area (Å²) in [6.07, 6.45) is 3.08. The molecule has 22 heavy (non-hydrogen) atoms. The summed E-state index contributed by atoms with van der Waals surface area (Å²) in [7, 11) is 0. The number of carbonyl (C=O) groups is 2. The Labute approximate surface area is 127 Å². The van der Waals surface area contributed by atoms with Crippen molar-refractivity contribution in [2.24, 2.45) is 0 Å². The van der Waals surface area contributed by atoms with Crippen LogP contribution in [0.5, 0.6) is 0 Å². The van der Waals surface area contributed by atoms with E-state index in [9.17, 15) is 9.59 Å². The monoisotopic (exact) mass is 303 g/mol. The van der Waals surface area contributed by atoms with Crippen LogP contribution in [0.25, 0.3) is 5.65 Å². The van der Waals surface area contributed by atoms with Gasteiger partial charge < -0.3 is 14.5 Å². The maximum absolute atomic E-state index is 12.5. The molecular formula is C14H17N5O3. The van der Waals surface area contributed by atoms with Crippen molar-refractivity contribution >= 4 is 17.6 Å². The first-order valence-corrected chi connectivity index (χ1v) is 7.20. The number of nitrogens with zero attached hydrogens (tertiary/aromatic N) is 5. The quantitative estimate of drug-likeness (QED) is 0.813. The molecule has 3 rings (SSSR count). The van der Waals surface area contributed by atoms with E-state index in [2.05, 4.69) is 10.1 Å². The Balaban J connectivity index is 1.65. The molecule has 0 unspecified atom stereocenters. The second-order valence-corrected chi connectivity index (χ2v) is 4.93. The second-order valence-electron chi connectivity index (χ2n) is 4.93. The molecule has 8 nitrogen and oxygen atoms in total. The third kappa shape index (κ3) is 2.72. The average Bonchev–Trinajstić information content (AvgIpc) is 2.98. The Bertz CT molecular complexity index is 658. The molecule has 1 fully saturated rings. The van der Waals surface area contributed by atoms with E-state index < -0.39 is 0 Å². The van der Waals surface area contributed by atoms with Crippen molar-refractivity contribution in [2.45, 2.75) is 6.92 Å². The lowest BCUT2D eigenvalue weighted by atomic mass is 10.3. The van der Waals surface area contributed by atoms with Crippen LogP contribution < -0.4 is 0 Å². The van der Waals surface area contributed by atoms with Crippen LogP contribution in [0.1, 0.15) is 17.4 Å². The van der Waals surface area contributed by atoms with Crippen molar-refractivity contribution in [3.05, 3.63) is 30.2 Å². The van der Waals surface area contributed by atoms with Crippen LogP contribution in [0.4, 0.5) is 4.79 Å². The fraction of sp³-hybridized carbons (Fsp3) is 0.429. The number of carbonyl (C=O) groups excluding carboxylic acids is 2. The molecule has 2 amide bonds. The van der Waals surface area contributed by atoms with Gasteiger partial charge in [-0.05, 0) is 13.0 Å². The van der Waals surface area contributed by atoms with Gasteiger partial charge in [0.2, 0.25) is 0 Å². The molecule has 2 aromatic heterocycles. The van der Waals surface area contributed by atoms with Crippen LogP contribution >= 0.6 is 0 Å². The molecule has 0 N–H and O–H groups in total. The van der Waals surface area contributed by atoms with Crippen molar-refractivity contribution in [1.29, 1.82) is 0 Å². The molecule has 0 spiro atoms. The van der Waals surface area contributed by atoms with Gasteiger partial charge in [0.05, 0.1) is 6.61 Å². The van der Waals surface area contributed by atoms with Gasteiger partial charge in [0.25, 0.3) is 5.91 Å². The number of aromatic nitrogens is 3. The summed E-state index contributed by atoms with van der Waals surface area (Å²) in [4.78, 5) is 31.5. The third-order valence-electron chi connectivity index (χ3n) is 3.55. The Kier molecular flexibility index (Phi) is 3.90. The van der Waals surface area contributed by atoms with Gasteiger partial charge in [-0.2, -0.15) is 5.10 Å².